The van der Waals surface area contributed by atoms with Crippen molar-refractivity contribution in [2.75, 3.05) is 0 Å². The Hall–Kier alpha value is 1.49. The first kappa shape index (κ1) is 17.8. The van der Waals surface area contributed by atoms with Gasteiger partial charge >= 0.3 is 0 Å². The summed E-state index contributed by atoms with van der Waals surface area (Å²) in [7, 11) is 0. The zero-order chi connectivity index (χ0) is 2.00. The first-order valence-electron chi connectivity index (χ1n) is 0.408. The second-order valence-corrected chi connectivity index (χ2v) is 0. The topological polar surface area (TPSA) is 0 Å². The number of rotatable bonds is 0. The summed E-state index contributed by atoms with van der Waals surface area (Å²) in [6, 6.07) is 0. The van der Waals surface area contributed by atoms with E-state index in [4.69, 9.17) is 0 Å². The summed E-state index contributed by atoms with van der Waals surface area (Å²) in [5, 5.41) is 0. The Balaban J connectivity index is -0.000000000179. The van der Waals surface area contributed by atoms with Crippen LogP contribution in [0.1, 0.15) is 8.56 Å². The average Bonchev–Trinajstić information content (AvgIpc) is 1.00. The molecule has 0 saturated carbocycles. The standard InChI is InChI=1S/C2H3.2Pb.6H2/c1-2;;;;;;;;/h1H,2H2;;;6*1H/q+1;;;;;;;;. The van der Waals surface area contributed by atoms with E-state index in [0.717, 1.165) is 0 Å². The first-order valence-corrected chi connectivity index (χ1v) is 0.408. The van der Waals surface area contributed by atoms with E-state index in [2.05, 4.69) is 13.2 Å². The summed E-state index contributed by atoms with van der Waals surface area (Å²) in [5.74, 6) is 0. The summed E-state index contributed by atoms with van der Waals surface area (Å²) in [4.78, 5) is 0. The van der Waals surface area contributed by atoms with E-state index < -0.39 is 0 Å². The van der Waals surface area contributed by atoms with Crippen LogP contribution in [0.4, 0.5) is 0 Å². The summed E-state index contributed by atoms with van der Waals surface area (Å²) in [6.45, 7) is 7.00. The third-order valence-electron chi connectivity index (χ3n) is 0. The molecule has 0 fully saturated rings. The minimum atomic E-state index is 0. The van der Waals surface area contributed by atoms with Gasteiger partial charge in [-0.2, -0.15) is 0 Å². The van der Waals surface area contributed by atoms with Crippen LogP contribution in [0.25, 0.3) is 0 Å². The smallest absolute Gasteiger partial charge is 0 e. The maximum absolute atomic E-state index is 4.25. The minimum Gasteiger partial charge on any atom is 0 e. The van der Waals surface area contributed by atoms with E-state index in [9.17, 15) is 0 Å². The molecule has 2 heteroatoms. The van der Waals surface area contributed by atoms with Crippen LogP contribution in [0.3, 0.4) is 0 Å². The van der Waals surface area contributed by atoms with Gasteiger partial charge in [-0.25, -0.2) is 0 Å². The molecule has 0 heterocycles. The van der Waals surface area contributed by atoms with Crippen LogP contribution in [0.15, 0.2) is 6.58 Å². The largest absolute Gasteiger partial charge is 0.198 e. The van der Waals surface area contributed by atoms with Crippen molar-refractivity contribution in [1.29, 1.82) is 0 Å². The van der Waals surface area contributed by atoms with Crippen molar-refractivity contribution < 1.29 is 8.56 Å². The van der Waals surface area contributed by atoms with Crippen molar-refractivity contribution in [3.63, 3.8) is 0 Å². The van der Waals surface area contributed by atoms with Gasteiger partial charge in [-0.05, 0) is 0 Å². The Labute approximate surface area is 75.9 Å². The van der Waals surface area contributed by atoms with Gasteiger partial charge in [0.2, 0.25) is 0 Å². The molecule has 0 bridgehead atoms. The van der Waals surface area contributed by atoms with Gasteiger partial charge in [-0.1, -0.05) is 0 Å². The molecule has 30 valence electrons. The van der Waals surface area contributed by atoms with Crippen molar-refractivity contribution in [2.24, 2.45) is 0 Å². The van der Waals surface area contributed by atoms with Gasteiger partial charge in [0.05, 0.1) is 0 Å². The fourth-order valence-electron chi connectivity index (χ4n) is 0. The van der Waals surface area contributed by atoms with Crippen molar-refractivity contribution in [3.8, 4) is 0 Å². The van der Waals surface area contributed by atoms with Crippen LogP contribution in [0.5, 0.6) is 0 Å². The van der Waals surface area contributed by atoms with Gasteiger partial charge < -0.3 is 0 Å². The fourth-order valence-corrected chi connectivity index (χ4v) is 0. The summed E-state index contributed by atoms with van der Waals surface area (Å²) in [5.41, 5.74) is 0. The van der Waals surface area contributed by atoms with Crippen LogP contribution < -0.4 is 0 Å². The molecule has 0 aromatic carbocycles. The predicted octanol–water partition coefficient (Wildman–Crippen LogP) is 1.32. The molecular formula is C2H15Pb2+. The molecule has 0 aromatic heterocycles. The molecule has 0 amide bonds. The van der Waals surface area contributed by atoms with Gasteiger partial charge in [0.1, 0.15) is 6.58 Å². The average molecular weight is 454 g/mol. The Morgan fingerprint density at radius 1 is 1.25 bits per heavy atom. The van der Waals surface area contributed by atoms with Crippen molar-refractivity contribution in [1.82, 2.24) is 0 Å². The molecule has 0 rings (SSSR count). The minimum absolute atomic E-state index is 0. The van der Waals surface area contributed by atoms with Crippen LogP contribution >= 0.6 is 0 Å². The van der Waals surface area contributed by atoms with Gasteiger partial charge in [0.15, 0.2) is 6.58 Å². The third kappa shape index (κ3) is 9.74. The molecule has 0 nitrogen and oxygen atoms in total. The SMILES string of the molecule is [CH+]=C.[HH].[HH].[HH].[HH].[HH].[HH].[Pb].[Pb]. The monoisotopic (exact) mass is 455 g/mol. The van der Waals surface area contributed by atoms with Crippen LogP contribution in [0, 0.1) is 6.58 Å². The Morgan fingerprint density at radius 2 is 1.25 bits per heavy atom. The van der Waals surface area contributed by atoms with E-state index in [1.807, 2.05) is 0 Å². The van der Waals surface area contributed by atoms with E-state index in [1.165, 1.54) is 0 Å². The second-order valence-electron chi connectivity index (χ2n) is 0. The summed E-state index contributed by atoms with van der Waals surface area (Å²) in [6.07, 6.45) is 0. The molecular weight excluding hydrogens is 438 g/mol. The molecule has 0 aromatic rings. The zero-order valence-electron chi connectivity index (χ0n) is 2.28. The molecule has 0 unspecified atom stereocenters. The summed E-state index contributed by atoms with van der Waals surface area (Å²) < 4.78 is 0. The second kappa shape index (κ2) is 24.6. The molecule has 0 N–H and O–H groups in total. The zero-order valence-corrected chi connectivity index (χ0v) is 10.1. The molecule has 0 aliphatic rings. The van der Waals surface area contributed by atoms with E-state index >= 15 is 0 Å². The quantitative estimate of drug-likeness (QED) is 0.384. The Bertz CT molecular complexity index is 13.7. The third-order valence-corrected chi connectivity index (χ3v) is 0. The van der Waals surface area contributed by atoms with Crippen molar-refractivity contribution >= 4 is 54.6 Å². The van der Waals surface area contributed by atoms with Gasteiger partial charge in [-0.15, -0.1) is 0 Å². The molecule has 0 atom stereocenters. The van der Waals surface area contributed by atoms with E-state index in [1.54, 1.807) is 0 Å². The van der Waals surface area contributed by atoms with Gasteiger partial charge in [0, 0.05) is 63.2 Å². The number of hydrogen-bond acceptors (Lipinski definition) is 0. The van der Waals surface area contributed by atoms with Crippen LogP contribution in [-0.4, -0.2) is 54.6 Å². The van der Waals surface area contributed by atoms with Crippen molar-refractivity contribution in [3.05, 3.63) is 13.2 Å². The van der Waals surface area contributed by atoms with Gasteiger partial charge in [0.25, 0.3) is 0 Å². The van der Waals surface area contributed by atoms with E-state index in [-0.39, 0.29) is 63.2 Å². The van der Waals surface area contributed by atoms with E-state index in [0.29, 0.717) is 0 Å². The number of hydrogen-bond donors (Lipinski definition) is 0. The van der Waals surface area contributed by atoms with Crippen LogP contribution in [0.2, 0.25) is 0 Å². The van der Waals surface area contributed by atoms with Crippen LogP contribution in [-0.2, 0) is 0 Å². The molecule has 0 aliphatic carbocycles. The normalized spacial score (nSPS) is 0.750. The molecule has 0 spiro atoms. The molecule has 8 radical (unpaired) electrons. The van der Waals surface area contributed by atoms with Gasteiger partial charge in [-0.3, -0.25) is 0 Å². The Kier molecular flexibility index (Phi) is 110. The Morgan fingerprint density at radius 3 is 1.25 bits per heavy atom. The molecule has 0 aliphatic heterocycles. The van der Waals surface area contributed by atoms with Crippen molar-refractivity contribution in [2.45, 2.75) is 0 Å². The fraction of sp³-hybridized carbons (Fsp3) is 0. The first-order chi connectivity index (χ1) is 1.00. The maximum atomic E-state index is 4.25. The maximum Gasteiger partial charge on any atom is 0.198 e. The molecule has 4 heavy (non-hydrogen) atoms. The predicted molar refractivity (Wildman–Crippen MR) is 34.1 cm³/mol. The molecule has 0 saturated heterocycles. The summed E-state index contributed by atoms with van der Waals surface area (Å²) >= 11 is 0.